The van der Waals surface area contributed by atoms with Crippen LogP contribution in [0, 0.1) is 5.82 Å². The average molecular weight is 519 g/mol. The molecule has 0 unspecified atom stereocenters. The summed E-state index contributed by atoms with van der Waals surface area (Å²) in [7, 11) is 0. The molecule has 10 heteroatoms. The van der Waals surface area contributed by atoms with Crippen molar-refractivity contribution in [2.45, 2.75) is 45.2 Å². The minimum absolute atomic E-state index is 0.0519. The molecule has 38 heavy (non-hydrogen) atoms. The van der Waals surface area contributed by atoms with Crippen LogP contribution in [0.3, 0.4) is 0 Å². The lowest BCUT2D eigenvalue weighted by atomic mass is 9.96. The van der Waals surface area contributed by atoms with Crippen molar-refractivity contribution in [2.75, 3.05) is 38.2 Å². The Hall–Kier alpha value is -3.79. The van der Waals surface area contributed by atoms with E-state index in [-0.39, 0.29) is 17.1 Å². The molecule has 0 radical (unpaired) electrons. The van der Waals surface area contributed by atoms with Crippen LogP contribution >= 0.6 is 0 Å². The van der Waals surface area contributed by atoms with Gasteiger partial charge in [0.05, 0.1) is 18.8 Å². The highest BCUT2D eigenvalue weighted by molar-refractivity contribution is 6.04. The molecule has 0 atom stereocenters. The zero-order valence-corrected chi connectivity index (χ0v) is 21.7. The summed E-state index contributed by atoms with van der Waals surface area (Å²) in [5.41, 5.74) is 3.28. The minimum atomic E-state index is -0.585. The first-order chi connectivity index (χ1) is 18.3. The molecule has 1 fully saturated rings. The fourth-order valence-electron chi connectivity index (χ4n) is 5.65. The van der Waals surface area contributed by atoms with Crippen LogP contribution in [-0.2, 0) is 29.7 Å². The summed E-state index contributed by atoms with van der Waals surface area (Å²) < 4.78 is 22.6. The molecule has 3 aliphatic rings. The molecule has 1 N–H and O–H groups in total. The molecule has 1 aromatic carbocycles. The molecule has 0 bridgehead atoms. The number of amides is 3. The van der Waals surface area contributed by atoms with Crippen molar-refractivity contribution in [2.24, 2.45) is 0 Å². The first-order valence-corrected chi connectivity index (χ1v) is 13.1. The number of anilines is 1. The summed E-state index contributed by atoms with van der Waals surface area (Å²) in [6.07, 6.45) is 4.41. The lowest BCUT2D eigenvalue weighted by Crippen LogP contribution is -2.49. The number of aryl methyl sites for hydroxylation is 1. The highest BCUT2D eigenvalue weighted by Gasteiger charge is 2.33. The number of benzene rings is 1. The second kappa shape index (κ2) is 9.50. The van der Waals surface area contributed by atoms with Gasteiger partial charge >= 0.3 is 6.03 Å². The van der Waals surface area contributed by atoms with E-state index in [0.717, 1.165) is 29.8 Å². The number of carbonyl (C=O) groups excluding carboxylic acids is 2. The van der Waals surface area contributed by atoms with Gasteiger partial charge in [0.15, 0.2) is 5.82 Å². The highest BCUT2D eigenvalue weighted by atomic mass is 19.1. The van der Waals surface area contributed by atoms with Crippen LogP contribution in [0.15, 0.2) is 36.5 Å². The molecule has 3 amide bonds. The van der Waals surface area contributed by atoms with Crippen molar-refractivity contribution < 1.29 is 18.7 Å². The standard InChI is InChI=1S/C28H31FN6O3/c1-28(2)8-6-20-16-30-25(35(20)28)23-4-3-5-24(31-23)32-26(36)21-14-19-17-34(9-7-18(19)15-22(21)29)27(37)33-10-12-38-13-11-33/h3-5,14-16H,6-13,17H2,1-2H3,(H,31,32,36). The number of morpholine rings is 1. The summed E-state index contributed by atoms with van der Waals surface area (Å²) in [6.45, 7) is 7.38. The van der Waals surface area contributed by atoms with Crippen molar-refractivity contribution >= 4 is 17.8 Å². The number of fused-ring (bicyclic) bond motifs is 2. The number of hydrogen-bond donors (Lipinski definition) is 1. The van der Waals surface area contributed by atoms with Crippen molar-refractivity contribution in [1.29, 1.82) is 0 Å². The van der Waals surface area contributed by atoms with Gasteiger partial charge in [-0.3, -0.25) is 4.79 Å². The Morgan fingerprint density at radius 1 is 1.05 bits per heavy atom. The maximum atomic E-state index is 15.0. The Morgan fingerprint density at radius 2 is 1.87 bits per heavy atom. The maximum Gasteiger partial charge on any atom is 0.320 e. The molecular formula is C28H31FN6O3. The lowest BCUT2D eigenvalue weighted by Gasteiger charge is -2.35. The van der Waals surface area contributed by atoms with E-state index >= 15 is 4.39 Å². The van der Waals surface area contributed by atoms with Crippen molar-refractivity contribution in [3.05, 3.63) is 64.7 Å². The van der Waals surface area contributed by atoms with Gasteiger partial charge in [0.1, 0.15) is 17.3 Å². The van der Waals surface area contributed by atoms with E-state index in [9.17, 15) is 9.59 Å². The van der Waals surface area contributed by atoms with Gasteiger partial charge in [0, 0.05) is 43.6 Å². The monoisotopic (exact) mass is 518 g/mol. The molecule has 3 aromatic rings. The van der Waals surface area contributed by atoms with Crippen molar-refractivity contribution in [3.8, 4) is 11.5 Å². The predicted molar refractivity (Wildman–Crippen MR) is 139 cm³/mol. The molecule has 0 spiro atoms. The summed E-state index contributed by atoms with van der Waals surface area (Å²) in [5.74, 6) is -0.0936. The number of hydrogen-bond acceptors (Lipinski definition) is 5. The summed E-state index contributed by atoms with van der Waals surface area (Å²) in [4.78, 5) is 38.9. The average Bonchev–Trinajstić information content (AvgIpc) is 3.49. The van der Waals surface area contributed by atoms with Crippen LogP contribution < -0.4 is 5.32 Å². The van der Waals surface area contributed by atoms with Crippen LogP contribution in [0.2, 0.25) is 0 Å². The second-order valence-corrected chi connectivity index (χ2v) is 10.7. The number of aromatic nitrogens is 3. The Bertz CT molecular complexity index is 1410. The topological polar surface area (TPSA) is 92.6 Å². The Kier molecular flexibility index (Phi) is 6.14. The number of halogens is 1. The largest absolute Gasteiger partial charge is 0.378 e. The van der Waals surface area contributed by atoms with Gasteiger partial charge in [0.2, 0.25) is 0 Å². The van der Waals surface area contributed by atoms with E-state index in [1.165, 1.54) is 11.8 Å². The summed E-state index contributed by atoms with van der Waals surface area (Å²) in [5, 5.41) is 2.75. The maximum absolute atomic E-state index is 15.0. The molecule has 1 saturated heterocycles. The lowest BCUT2D eigenvalue weighted by molar-refractivity contribution is 0.0421. The van der Waals surface area contributed by atoms with Crippen LogP contribution in [0.1, 0.15) is 47.4 Å². The van der Waals surface area contributed by atoms with Crippen LogP contribution in [0.25, 0.3) is 11.5 Å². The third kappa shape index (κ3) is 4.42. The molecule has 198 valence electrons. The number of urea groups is 1. The first kappa shape index (κ1) is 24.5. The van der Waals surface area contributed by atoms with E-state index in [4.69, 9.17) is 4.74 Å². The number of nitrogens with one attached hydrogen (secondary N) is 1. The zero-order chi connectivity index (χ0) is 26.4. The minimum Gasteiger partial charge on any atom is -0.378 e. The Morgan fingerprint density at radius 3 is 2.68 bits per heavy atom. The molecule has 0 aliphatic carbocycles. The molecule has 6 rings (SSSR count). The van der Waals surface area contributed by atoms with Crippen LogP contribution in [-0.4, -0.2) is 69.1 Å². The van der Waals surface area contributed by atoms with E-state index in [0.29, 0.717) is 57.3 Å². The van der Waals surface area contributed by atoms with Crippen molar-refractivity contribution in [1.82, 2.24) is 24.3 Å². The molecular weight excluding hydrogens is 487 g/mol. The number of nitrogens with zero attached hydrogens (tertiary/aromatic N) is 5. The van der Waals surface area contributed by atoms with Gasteiger partial charge in [-0.05, 0) is 68.5 Å². The number of pyridine rings is 1. The number of carbonyl (C=O) groups is 2. The van der Waals surface area contributed by atoms with Gasteiger partial charge in [-0.25, -0.2) is 19.2 Å². The van der Waals surface area contributed by atoms with Crippen LogP contribution in [0.4, 0.5) is 15.0 Å². The quantitative estimate of drug-likeness (QED) is 0.569. The number of imidazole rings is 1. The number of ether oxygens (including phenoxy) is 1. The van der Waals surface area contributed by atoms with Gasteiger partial charge in [-0.1, -0.05) is 6.07 Å². The molecule has 9 nitrogen and oxygen atoms in total. The fraction of sp³-hybridized carbons (Fsp3) is 0.429. The Balaban J connectivity index is 1.21. The summed E-state index contributed by atoms with van der Waals surface area (Å²) in [6, 6.07) is 8.27. The third-order valence-corrected chi connectivity index (χ3v) is 7.75. The SMILES string of the molecule is CC1(C)CCc2cnc(-c3cccc(NC(=O)c4cc5c(cc4F)CCN(C(=O)N4CCOCC4)C5)n3)n21. The second-order valence-electron chi connectivity index (χ2n) is 10.7. The molecule has 3 aliphatic heterocycles. The number of rotatable bonds is 3. The molecule has 2 aromatic heterocycles. The fourth-order valence-corrected chi connectivity index (χ4v) is 5.65. The van der Waals surface area contributed by atoms with E-state index in [1.54, 1.807) is 28.0 Å². The predicted octanol–water partition coefficient (Wildman–Crippen LogP) is 3.83. The molecule has 5 heterocycles. The van der Waals surface area contributed by atoms with E-state index in [2.05, 4.69) is 33.7 Å². The Labute approximate surface area is 220 Å². The van der Waals surface area contributed by atoms with Gasteiger partial charge in [-0.15, -0.1) is 0 Å². The normalized spacial score (nSPS) is 18.2. The van der Waals surface area contributed by atoms with Crippen molar-refractivity contribution in [3.63, 3.8) is 0 Å². The molecule has 0 saturated carbocycles. The van der Waals surface area contributed by atoms with E-state index < -0.39 is 11.7 Å². The van der Waals surface area contributed by atoms with Gasteiger partial charge in [0.25, 0.3) is 5.91 Å². The van der Waals surface area contributed by atoms with Gasteiger partial charge in [-0.2, -0.15) is 0 Å². The zero-order valence-electron chi connectivity index (χ0n) is 21.7. The smallest absolute Gasteiger partial charge is 0.320 e. The summed E-state index contributed by atoms with van der Waals surface area (Å²) >= 11 is 0. The van der Waals surface area contributed by atoms with E-state index in [1.807, 2.05) is 12.3 Å². The third-order valence-electron chi connectivity index (χ3n) is 7.75. The van der Waals surface area contributed by atoms with Crippen LogP contribution in [0.5, 0.6) is 0 Å². The van der Waals surface area contributed by atoms with Gasteiger partial charge < -0.3 is 24.4 Å². The highest BCUT2D eigenvalue weighted by Crippen LogP contribution is 2.36. The first-order valence-electron chi connectivity index (χ1n) is 13.1.